The molecule has 22 heavy (non-hydrogen) atoms. The molecule has 0 aliphatic carbocycles. The zero-order valence-electron chi connectivity index (χ0n) is 12.6. The third kappa shape index (κ3) is 2.69. The van der Waals surface area contributed by atoms with E-state index < -0.39 is 5.97 Å². The summed E-state index contributed by atoms with van der Waals surface area (Å²) in [4.78, 5) is 16.4. The number of rotatable bonds is 4. The molecular weight excluding hydrogens is 284 g/mol. The normalized spacial score (nSPS) is 11.3. The highest BCUT2D eigenvalue weighted by Crippen LogP contribution is 2.17. The molecule has 0 saturated heterocycles. The topological polar surface area (TPSA) is 83.0 Å². The lowest BCUT2D eigenvalue weighted by Crippen LogP contribution is -2.07. The second kappa shape index (κ2) is 5.59. The minimum Gasteiger partial charge on any atom is -0.454 e. The molecule has 0 bridgehead atoms. The molecular formula is C15H16N4O3. The van der Waals surface area contributed by atoms with E-state index in [0.717, 1.165) is 16.7 Å². The highest BCUT2D eigenvalue weighted by atomic mass is 16.5. The summed E-state index contributed by atoms with van der Waals surface area (Å²) < 4.78 is 12.0. The number of hydrogen-bond acceptors (Lipinski definition) is 6. The molecule has 0 fully saturated rings. The van der Waals surface area contributed by atoms with Gasteiger partial charge in [0.1, 0.15) is 0 Å². The zero-order chi connectivity index (χ0) is 15.7. The molecule has 0 N–H and O–H groups in total. The fraction of sp³-hybridized carbons (Fsp3) is 0.333. The van der Waals surface area contributed by atoms with Gasteiger partial charge in [0.25, 0.3) is 0 Å². The molecule has 7 heteroatoms. The van der Waals surface area contributed by atoms with Gasteiger partial charge in [0.2, 0.25) is 0 Å². The molecule has 0 radical (unpaired) electrons. The summed E-state index contributed by atoms with van der Waals surface area (Å²) in [5, 5.41) is 8.81. The van der Waals surface area contributed by atoms with Crippen LogP contribution in [0, 0.1) is 6.92 Å². The second-order valence-electron chi connectivity index (χ2n) is 5.33. The van der Waals surface area contributed by atoms with Crippen molar-refractivity contribution in [2.45, 2.75) is 33.4 Å². The van der Waals surface area contributed by atoms with E-state index >= 15 is 0 Å². The number of pyridine rings is 1. The van der Waals surface area contributed by atoms with Crippen molar-refractivity contribution in [3.8, 4) is 0 Å². The maximum atomic E-state index is 12.1. The van der Waals surface area contributed by atoms with Crippen molar-refractivity contribution in [1.29, 1.82) is 0 Å². The molecule has 3 heterocycles. The Morgan fingerprint density at radius 2 is 2.18 bits per heavy atom. The number of esters is 1. The first-order valence-electron chi connectivity index (χ1n) is 6.97. The van der Waals surface area contributed by atoms with Crippen LogP contribution in [-0.2, 0) is 11.3 Å². The Morgan fingerprint density at radius 1 is 1.36 bits per heavy atom. The van der Waals surface area contributed by atoms with E-state index in [4.69, 9.17) is 9.26 Å². The number of aromatic nitrogens is 4. The van der Waals surface area contributed by atoms with Gasteiger partial charge >= 0.3 is 5.97 Å². The van der Waals surface area contributed by atoms with Crippen LogP contribution in [0.4, 0.5) is 0 Å². The van der Waals surface area contributed by atoms with Gasteiger partial charge in [0.15, 0.2) is 18.0 Å². The summed E-state index contributed by atoms with van der Waals surface area (Å²) >= 11 is 0. The summed E-state index contributed by atoms with van der Waals surface area (Å²) in [6.45, 7) is 5.90. The first-order chi connectivity index (χ1) is 10.5. The Bertz CT molecular complexity index is 819. The Labute approximate surface area is 126 Å². The van der Waals surface area contributed by atoms with Crippen LogP contribution in [0.5, 0.6) is 0 Å². The molecule has 0 aliphatic heterocycles. The van der Waals surface area contributed by atoms with Crippen LogP contribution >= 0.6 is 0 Å². The van der Waals surface area contributed by atoms with Crippen molar-refractivity contribution < 1.29 is 14.1 Å². The summed E-state index contributed by atoms with van der Waals surface area (Å²) in [5.74, 6) is 0.0493. The maximum Gasteiger partial charge on any atom is 0.340 e. The number of carbonyl (C=O) groups excluding carboxylic acids is 1. The van der Waals surface area contributed by atoms with Crippen LogP contribution in [0.15, 0.2) is 29.0 Å². The van der Waals surface area contributed by atoms with Gasteiger partial charge < -0.3 is 9.26 Å². The monoisotopic (exact) mass is 300 g/mol. The van der Waals surface area contributed by atoms with Crippen molar-refractivity contribution in [2.75, 3.05) is 0 Å². The molecule has 3 rings (SSSR count). The summed E-state index contributed by atoms with van der Waals surface area (Å²) in [6, 6.07) is 3.65. The largest absolute Gasteiger partial charge is 0.454 e. The van der Waals surface area contributed by atoms with E-state index in [1.54, 1.807) is 25.3 Å². The van der Waals surface area contributed by atoms with Gasteiger partial charge in [-0.3, -0.25) is 0 Å². The average Bonchev–Trinajstić information content (AvgIpc) is 3.09. The van der Waals surface area contributed by atoms with Gasteiger partial charge in [0, 0.05) is 23.7 Å². The zero-order valence-corrected chi connectivity index (χ0v) is 12.6. The van der Waals surface area contributed by atoms with Crippen LogP contribution in [0.2, 0.25) is 0 Å². The average molecular weight is 300 g/mol. The van der Waals surface area contributed by atoms with E-state index in [9.17, 15) is 4.79 Å². The number of carbonyl (C=O) groups is 1. The number of fused-ring (bicyclic) bond motifs is 1. The standard InChI is InChI=1S/C15H16N4O3/c1-9(2)19-14-11(7-17-19)5-12(6-16-14)15(20)21-8-13-4-10(3)18-22-13/h4-7,9H,8H2,1-3H3. The van der Waals surface area contributed by atoms with Crippen molar-refractivity contribution in [2.24, 2.45) is 0 Å². The third-order valence-electron chi connectivity index (χ3n) is 3.18. The fourth-order valence-corrected chi connectivity index (χ4v) is 2.13. The van der Waals surface area contributed by atoms with Gasteiger partial charge in [0.05, 0.1) is 17.5 Å². The van der Waals surface area contributed by atoms with Gasteiger partial charge in [-0.25, -0.2) is 14.5 Å². The van der Waals surface area contributed by atoms with Crippen molar-refractivity contribution >= 4 is 17.0 Å². The molecule has 0 unspecified atom stereocenters. The third-order valence-corrected chi connectivity index (χ3v) is 3.18. The Kier molecular flexibility index (Phi) is 3.62. The van der Waals surface area contributed by atoms with E-state index in [0.29, 0.717) is 11.3 Å². The van der Waals surface area contributed by atoms with Gasteiger partial charge in [-0.05, 0) is 26.8 Å². The van der Waals surface area contributed by atoms with E-state index in [-0.39, 0.29) is 12.6 Å². The lowest BCUT2D eigenvalue weighted by molar-refractivity contribution is 0.0437. The molecule has 3 aromatic rings. The number of hydrogen-bond donors (Lipinski definition) is 0. The highest BCUT2D eigenvalue weighted by Gasteiger charge is 2.13. The first-order valence-corrected chi connectivity index (χ1v) is 6.97. The summed E-state index contributed by atoms with van der Waals surface area (Å²) in [6.07, 6.45) is 3.19. The van der Waals surface area contributed by atoms with Gasteiger partial charge in [-0.2, -0.15) is 5.10 Å². The Balaban J connectivity index is 1.76. The predicted octanol–water partition coefficient (Wildman–Crippen LogP) is 2.67. The second-order valence-corrected chi connectivity index (χ2v) is 5.33. The van der Waals surface area contributed by atoms with Crippen LogP contribution in [0.1, 0.15) is 41.7 Å². The quantitative estimate of drug-likeness (QED) is 0.689. The molecule has 0 aromatic carbocycles. The fourth-order valence-electron chi connectivity index (χ4n) is 2.13. The van der Waals surface area contributed by atoms with Crippen LogP contribution in [0.25, 0.3) is 11.0 Å². The predicted molar refractivity (Wildman–Crippen MR) is 78.3 cm³/mol. The highest BCUT2D eigenvalue weighted by molar-refractivity contribution is 5.92. The van der Waals surface area contributed by atoms with Gasteiger partial charge in [-0.1, -0.05) is 5.16 Å². The number of aryl methyl sites for hydroxylation is 1. The number of ether oxygens (including phenoxy) is 1. The molecule has 114 valence electrons. The van der Waals surface area contributed by atoms with Crippen molar-refractivity contribution in [3.05, 3.63) is 41.5 Å². The molecule has 0 aliphatic rings. The SMILES string of the molecule is Cc1cc(COC(=O)c2cnc3c(cnn3C(C)C)c2)on1. The lowest BCUT2D eigenvalue weighted by atomic mass is 10.2. The van der Waals surface area contributed by atoms with Crippen molar-refractivity contribution in [3.63, 3.8) is 0 Å². The van der Waals surface area contributed by atoms with Crippen molar-refractivity contribution in [1.82, 2.24) is 19.9 Å². The van der Waals surface area contributed by atoms with Crippen LogP contribution in [0.3, 0.4) is 0 Å². The minimum absolute atomic E-state index is 0.0446. The molecule has 0 spiro atoms. The van der Waals surface area contributed by atoms with E-state index in [2.05, 4.69) is 15.2 Å². The molecule has 3 aromatic heterocycles. The van der Waals surface area contributed by atoms with E-state index in [1.165, 1.54) is 6.20 Å². The minimum atomic E-state index is -0.458. The summed E-state index contributed by atoms with van der Waals surface area (Å²) in [5.41, 5.74) is 1.87. The Morgan fingerprint density at radius 3 is 2.86 bits per heavy atom. The first kappa shape index (κ1) is 14.2. The number of nitrogens with zero attached hydrogens (tertiary/aromatic N) is 4. The molecule has 0 amide bonds. The summed E-state index contributed by atoms with van der Waals surface area (Å²) in [7, 11) is 0. The Hall–Kier alpha value is -2.70. The van der Waals surface area contributed by atoms with Gasteiger partial charge in [-0.15, -0.1) is 0 Å². The molecule has 7 nitrogen and oxygen atoms in total. The van der Waals surface area contributed by atoms with Crippen LogP contribution < -0.4 is 0 Å². The van der Waals surface area contributed by atoms with E-state index in [1.807, 2.05) is 18.5 Å². The molecule has 0 atom stereocenters. The lowest BCUT2D eigenvalue weighted by Gasteiger charge is -2.06. The smallest absolute Gasteiger partial charge is 0.340 e. The molecule has 0 saturated carbocycles. The maximum absolute atomic E-state index is 12.1. The van der Waals surface area contributed by atoms with Crippen LogP contribution in [-0.4, -0.2) is 25.9 Å².